The second kappa shape index (κ2) is 9.57. The van der Waals surface area contributed by atoms with Crippen molar-refractivity contribution in [2.45, 2.75) is 6.42 Å². The topological polar surface area (TPSA) is 69.3 Å². The summed E-state index contributed by atoms with van der Waals surface area (Å²) in [6.45, 7) is 2.03. The fourth-order valence-corrected chi connectivity index (χ4v) is 4.47. The summed E-state index contributed by atoms with van der Waals surface area (Å²) in [6, 6.07) is 15.6. The number of H-pyrrole nitrogens is 1. The molecule has 2 aliphatic rings. The van der Waals surface area contributed by atoms with Crippen LogP contribution in [-0.2, 0) is 4.79 Å². The van der Waals surface area contributed by atoms with E-state index in [-0.39, 0.29) is 11.8 Å². The Morgan fingerprint density at radius 2 is 1.62 bits per heavy atom. The summed E-state index contributed by atoms with van der Waals surface area (Å²) < 4.78 is 0. The van der Waals surface area contributed by atoms with Gasteiger partial charge in [0.2, 0.25) is 0 Å². The molecule has 0 spiro atoms. The van der Waals surface area contributed by atoms with Crippen LogP contribution < -0.4 is 0 Å². The molecule has 2 amide bonds. The molecule has 3 aromatic rings. The minimum Gasteiger partial charge on any atom is -0.335 e. The van der Waals surface area contributed by atoms with Gasteiger partial charge in [0.05, 0.1) is 16.8 Å². The Morgan fingerprint density at radius 1 is 0.912 bits per heavy atom. The lowest BCUT2D eigenvalue weighted by molar-refractivity contribution is -0.128. The van der Waals surface area contributed by atoms with Crippen LogP contribution in [0.15, 0.2) is 72.3 Å². The summed E-state index contributed by atoms with van der Waals surface area (Å²) in [4.78, 5) is 30.0. The van der Waals surface area contributed by atoms with Crippen LogP contribution in [0, 0.1) is 0 Å². The summed E-state index contributed by atoms with van der Waals surface area (Å²) >= 11 is 5.33. The first-order valence-corrected chi connectivity index (χ1v) is 11.7. The molecule has 1 aliphatic heterocycles. The van der Waals surface area contributed by atoms with Crippen molar-refractivity contribution in [1.29, 1.82) is 0 Å². The van der Waals surface area contributed by atoms with E-state index in [4.69, 9.17) is 12.2 Å². The Kier molecular flexibility index (Phi) is 6.18. The van der Waals surface area contributed by atoms with Gasteiger partial charge in [0.25, 0.3) is 11.8 Å². The fourth-order valence-electron chi connectivity index (χ4n) is 4.22. The zero-order chi connectivity index (χ0) is 23.5. The molecule has 0 unspecified atom stereocenters. The fraction of sp³-hybridized carbons (Fsp3) is 0.185. The van der Waals surface area contributed by atoms with Crippen LogP contribution in [-0.4, -0.2) is 62.9 Å². The first-order chi connectivity index (χ1) is 16.6. The Labute approximate surface area is 203 Å². The van der Waals surface area contributed by atoms with Gasteiger partial charge in [0.15, 0.2) is 0 Å². The van der Waals surface area contributed by atoms with Gasteiger partial charge in [0, 0.05) is 48.4 Å². The summed E-state index contributed by atoms with van der Waals surface area (Å²) in [5.74, 6) is -0.0569. The van der Waals surface area contributed by atoms with Gasteiger partial charge in [0.1, 0.15) is 0 Å². The zero-order valence-corrected chi connectivity index (χ0v) is 19.4. The SMILES string of the molecule is O=C(C1=CC=CCC1=S)N1CCN(C(=O)c2ccc(/C=C/c3n[nH]c4ccccc34)cc2)CC1. The van der Waals surface area contributed by atoms with Gasteiger partial charge in [-0.1, -0.05) is 60.8 Å². The number of nitrogens with one attached hydrogen (secondary N) is 1. The standard InChI is InChI=1S/C27H24N4O2S/c32-26(30-15-17-31(18-16-30)27(33)22-6-2-4-8-25(22)34)20-12-9-19(10-13-20)11-14-24-21-5-1-3-7-23(21)28-29-24/h1-7,9-14H,8,15-18H2,(H,28,29)/b14-11+. The second-order valence-corrected chi connectivity index (χ2v) is 8.82. The van der Waals surface area contributed by atoms with Crippen molar-refractivity contribution in [3.8, 4) is 0 Å². The number of carbonyl (C=O) groups is 2. The van der Waals surface area contributed by atoms with Crippen LogP contribution in [0.1, 0.15) is 28.0 Å². The first kappa shape index (κ1) is 22.0. The number of para-hydroxylation sites is 1. The molecule has 1 fully saturated rings. The monoisotopic (exact) mass is 468 g/mol. The highest BCUT2D eigenvalue weighted by atomic mass is 32.1. The molecule has 170 valence electrons. The van der Waals surface area contributed by atoms with Crippen LogP contribution in [0.2, 0.25) is 0 Å². The molecule has 34 heavy (non-hydrogen) atoms. The number of carbonyl (C=O) groups excluding carboxylic acids is 2. The molecule has 1 aromatic heterocycles. The number of hydrogen-bond donors (Lipinski definition) is 1. The van der Waals surface area contributed by atoms with Crippen molar-refractivity contribution in [2.75, 3.05) is 26.2 Å². The Morgan fingerprint density at radius 3 is 2.35 bits per heavy atom. The lowest BCUT2D eigenvalue weighted by atomic mass is 10.0. The number of aromatic nitrogens is 2. The number of amides is 2. The number of allylic oxidation sites excluding steroid dienone is 3. The van der Waals surface area contributed by atoms with Crippen molar-refractivity contribution in [3.63, 3.8) is 0 Å². The van der Waals surface area contributed by atoms with Gasteiger partial charge in [-0.05, 0) is 35.9 Å². The number of benzene rings is 2. The van der Waals surface area contributed by atoms with Gasteiger partial charge in [-0.25, -0.2) is 0 Å². The van der Waals surface area contributed by atoms with E-state index in [0.29, 0.717) is 48.6 Å². The van der Waals surface area contributed by atoms with E-state index in [0.717, 1.165) is 22.2 Å². The molecule has 2 heterocycles. The van der Waals surface area contributed by atoms with Gasteiger partial charge in [-0.15, -0.1) is 0 Å². The molecular formula is C27H24N4O2S. The highest BCUT2D eigenvalue weighted by Gasteiger charge is 2.27. The van der Waals surface area contributed by atoms with E-state index in [2.05, 4.69) is 10.2 Å². The number of rotatable bonds is 4. The van der Waals surface area contributed by atoms with Crippen molar-refractivity contribution in [1.82, 2.24) is 20.0 Å². The summed E-state index contributed by atoms with van der Waals surface area (Å²) in [5.41, 5.74) is 4.11. The van der Waals surface area contributed by atoms with Crippen LogP contribution >= 0.6 is 12.2 Å². The minimum atomic E-state index is -0.0396. The molecular weight excluding hydrogens is 444 g/mol. The zero-order valence-electron chi connectivity index (χ0n) is 18.6. The number of fused-ring (bicyclic) bond motifs is 1. The number of thiocarbonyl (C=S) groups is 1. The largest absolute Gasteiger partial charge is 0.335 e. The maximum absolute atomic E-state index is 13.0. The molecule has 0 bridgehead atoms. The Balaban J connectivity index is 1.19. The summed E-state index contributed by atoms with van der Waals surface area (Å²) in [7, 11) is 0. The van der Waals surface area contributed by atoms with E-state index < -0.39 is 0 Å². The van der Waals surface area contributed by atoms with Crippen molar-refractivity contribution >= 4 is 52.0 Å². The Bertz CT molecular complexity index is 1340. The van der Waals surface area contributed by atoms with Gasteiger partial charge in [-0.2, -0.15) is 5.10 Å². The molecule has 6 nitrogen and oxygen atoms in total. The molecule has 7 heteroatoms. The average Bonchev–Trinajstić information content (AvgIpc) is 3.30. The van der Waals surface area contributed by atoms with E-state index in [1.807, 2.05) is 72.8 Å². The van der Waals surface area contributed by atoms with E-state index in [1.54, 1.807) is 15.9 Å². The van der Waals surface area contributed by atoms with Crippen LogP contribution in [0.5, 0.6) is 0 Å². The number of nitrogens with zero attached hydrogens (tertiary/aromatic N) is 3. The van der Waals surface area contributed by atoms with Crippen LogP contribution in [0.4, 0.5) is 0 Å². The average molecular weight is 469 g/mol. The van der Waals surface area contributed by atoms with Gasteiger partial charge < -0.3 is 9.80 Å². The third-order valence-electron chi connectivity index (χ3n) is 6.18. The highest BCUT2D eigenvalue weighted by molar-refractivity contribution is 7.81. The predicted molar refractivity (Wildman–Crippen MR) is 138 cm³/mol. The minimum absolute atomic E-state index is 0.0174. The smallest absolute Gasteiger partial charge is 0.255 e. The molecule has 5 rings (SSSR count). The molecule has 1 aliphatic carbocycles. The third kappa shape index (κ3) is 4.47. The van der Waals surface area contributed by atoms with E-state index >= 15 is 0 Å². The highest BCUT2D eigenvalue weighted by Crippen LogP contribution is 2.19. The molecule has 0 radical (unpaired) electrons. The van der Waals surface area contributed by atoms with Crippen molar-refractivity contribution < 1.29 is 9.59 Å². The maximum atomic E-state index is 13.0. The Hall–Kier alpha value is -3.84. The maximum Gasteiger partial charge on any atom is 0.255 e. The quantitative estimate of drug-likeness (QED) is 0.581. The molecule has 1 N–H and O–H groups in total. The lowest BCUT2D eigenvalue weighted by Gasteiger charge is -2.35. The third-order valence-corrected chi connectivity index (χ3v) is 6.56. The van der Waals surface area contributed by atoms with Crippen molar-refractivity contribution in [2.24, 2.45) is 0 Å². The normalized spacial score (nSPS) is 16.4. The molecule has 1 saturated heterocycles. The molecule has 2 aromatic carbocycles. The summed E-state index contributed by atoms with van der Waals surface area (Å²) in [5, 5.41) is 8.45. The van der Waals surface area contributed by atoms with E-state index in [1.165, 1.54) is 0 Å². The summed E-state index contributed by atoms with van der Waals surface area (Å²) in [6.07, 6.45) is 10.2. The molecule has 0 saturated carbocycles. The van der Waals surface area contributed by atoms with Gasteiger partial charge >= 0.3 is 0 Å². The number of piperazine rings is 1. The first-order valence-electron chi connectivity index (χ1n) is 11.3. The van der Waals surface area contributed by atoms with E-state index in [9.17, 15) is 9.59 Å². The van der Waals surface area contributed by atoms with Crippen LogP contribution in [0.3, 0.4) is 0 Å². The predicted octanol–water partition coefficient (Wildman–Crippen LogP) is 4.27. The second-order valence-electron chi connectivity index (χ2n) is 8.33. The molecule has 0 atom stereocenters. The van der Waals surface area contributed by atoms with Crippen LogP contribution in [0.25, 0.3) is 23.1 Å². The number of aromatic amines is 1. The number of hydrogen-bond acceptors (Lipinski definition) is 4. The van der Waals surface area contributed by atoms with Gasteiger partial charge in [-0.3, -0.25) is 14.7 Å². The van der Waals surface area contributed by atoms with Crippen molar-refractivity contribution in [3.05, 3.63) is 89.2 Å². The lowest BCUT2D eigenvalue weighted by Crippen LogP contribution is -2.51.